The number of anilines is 2. The first-order valence-electron chi connectivity index (χ1n) is 6.92. The number of carbonyl (C=O) groups excluding carboxylic acids is 1. The Morgan fingerprint density at radius 1 is 1.27 bits per heavy atom. The van der Waals surface area contributed by atoms with E-state index in [2.05, 4.69) is 10.6 Å². The summed E-state index contributed by atoms with van der Waals surface area (Å²) in [5.74, 6) is -0.935. The van der Waals surface area contributed by atoms with Gasteiger partial charge >= 0.3 is 0 Å². The molecule has 2 aromatic carbocycles. The number of aromatic hydroxyl groups is 1. The number of nitriles is 1. The number of rotatable bonds is 5. The van der Waals surface area contributed by atoms with Crippen molar-refractivity contribution in [1.82, 2.24) is 0 Å². The summed E-state index contributed by atoms with van der Waals surface area (Å²) in [6.45, 7) is 0. The molecule has 0 fully saturated rings. The molecule has 26 heavy (non-hydrogen) atoms. The van der Waals surface area contributed by atoms with Crippen LogP contribution in [0.1, 0.15) is 0 Å². The molecule has 132 valence electrons. The maximum atomic E-state index is 12.1. The molecule has 8 nitrogen and oxygen atoms in total. The minimum absolute atomic E-state index is 0.0813. The molecule has 0 unspecified atom stereocenters. The molecule has 0 aromatic heterocycles. The van der Waals surface area contributed by atoms with E-state index in [4.69, 9.17) is 28.5 Å². The van der Waals surface area contributed by atoms with Crippen LogP contribution in [-0.4, -0.2) is 15.9 Å². The van der Waals surface area contributed by atoms with Gasteiger partial charge in [0, 0.05) is 23.0 Å². The lowest BCUT2D eigenvalue weighted by Gasteiger charge is -2.07. The molecule has 2 rings (SSSR count). The largest absolute Gasteiger partial charge is 0.506 e. The van der Waals surface area contributed by atoms with Crippen LogP contribution in [0, 0.1) is 21.4 Å². The van der Waals surface area contributed by atoms with Crippen molar-refractivity contribution in [3.05, 3.63) is 68.3 Å². The highest BCUT2D eigenvalue weighted by molar-refractivity contribution is 6.32. The second-order valence-corrected chi connectivity index (χ2v) is 5.70. The molecule has 3 N–H and O–H groups in total. The number of hydrogen-bond donors (Lipinski definition) is 3. The lowest BCUT2D eigenvalue weighted by atomic mass is 10.2. The zero-order valence-corrected chi connectivity index (χ0v) is 14.4. The third kappa shape index (κ3) is 4.63. The molecule has 0 aliphatic carbocycles. The maximum Gasteiger partial charge on any atom is 0.289 e. The smallest absolute Gasteiger partial charge is 0.289 e. The van der Waals surface area contributed by atoms with Gasteiger partial charge in [0.25, 0.3) is 11.6 Å². The second kappa shape index (κ2) is 8.20. The standard InChI is InChI=1S/C16H10Cl2N4O4/c17-10-1-4-15(23)13(5-10)20-8-9(7-19)16(24)21-11-2-3-12(18)14(6-11)22(25)26/h1-6,8,20,23H,(H,21,24)/b9-8-. The van der Waals surface area contributed by atoms with Crippen LogP contribution in [0.5, 0.6) is 5.75 Å². The Morgan fingerprint density at radius 2 is 2.00 bits per heavy atom. The molecule has 0 spiro atoms. The van der Waals surface area contributed by atoms with E-state index in [1.165, 1.54) is 30.3 Å². The summed E-state index contributed by atoms with van der Waals surface area (Å²) in [4.78, 5) is 22.3. The van der Waals surface area contributed by atoms with Gasteiger partial charge in [-0.2, -0.15) is 5.26 Å². The highest BCUT2D eigenvalue weighted by Gasteiger charge is 2.15. The van der Waals surface area contributed by atoms with Crippen molar-refractivity contribution in [1.29, 1.82) is 5.26 Å². The van der Waals surface area contributed by atoms with Crippen molar-refractivity contribution in [2.45, 2.75) is 0 Å². The zero-order valence-electron chi connectivity index (χ0n) is 12.9. The molecular weight excluding hydrogens is 383 g/mol. The highest BCUT2D eigenvalue weighted by Crippen LogP contribution is 2.28. The number of nitrogens with one attached hydrogen (secondary N) is 2. The summed E-state index contributed by atoms with van der Waals surface area (Å²) < 4.78 is 0. The Bertz CT molecular complexity index is 954. The summed E-state index contributed by atoms with van der Waals surface area (Å²) in [6.07, 6.45) is 1.07. The Kier molecular flexibility index (Phi) is 6.01. The van der Waals surface area contributed by atoms with Crippen molar-refractivity contribution in [3.8, 4) is 11.8 Å². The second-order valence-electron chi connectivity index (χ2n) is 4.85. The number of benzene rings is 2. The van der Waals surface area contributed by atoms with E-state index in [1.54, 1.807) is 6.07 Å². The minimum atomic E-state index is -0.807. The van der Waals surface area contributed by atoms with Crippen LogP contribution in [-0.2, 0) is 4.79 Å². The number of halogens is 2. The zero-order chi connectivity index (χ0) is 19.3. The number of phenols is 1. The Balaban J connectivity index is 2.19. The van der Waals surface area contributed by atoms with E-state index in [0.29, 0.717) is 5.02 Å². The van der Waals surface area contributed by atoms with E-state index in [-0.39, 0.29) is 33.4 Å². The van der Waals surface area contributed by atoms with E-state index in [9.17, 15) is 20.0 Å². The number of nitro benzene ring substituents is 1. The highest BCUT2D eigenvalue weighted by atomic mass is 35.5. The molecule has 10 heteroatoms. The van der Waals surface area contributed by atoms with Crippen molar-refractivity contribution >= 4 is 46.2 Å². The van der Waals surface area contributed by atoms with Crippen molar-refractivity contribution < 1.29 is 14.8 Å². The van der Waals surface area contributed by atoms with Crippen molar-refractivity contribution in [2.75, 3.05) is 10.6 Å². The summed E-state index contributed by atoms with van der Waals surface area (Å²) >= 11 is 11.5. The SMILES string of the molecule is N#C/C(=C/Nc1cc(Cl)ccc1O)C(=O)Nc1ccc(Cl)c([N+](=O)[O-])c1. The molecule has 1 amide bonds. The van der Waals surface area contributed by atoms with E-state index < -0.39 is 10.8 Å². The van der Waals surface area contributed by atoms with Gasteiger partial charge in [-0.05, 0) is 30.3 Å². The number of nitrogens with zero attached hydrogens (tertiary/aromatic N) is 2. The molecule has 0 aliphatic rings. The number of nitro groups is 1. The Hall–Kier alpha value is -3.28. The molecule has 0 radical (unpaired) electrons. The molecule has 0 atom stereocenters. The van der Waals surface area contributed by atoms with Crippen LogP contribution < -0.4 is 10.6 Å². The summed E-state index contributed by atoms with van der Waals surface area (Å²) in [7, 11) is 0. The third-order valence-corrected chi connectivity index (χ3v) is 3.65. The summed E-state index contributed by atoms with van der Waals surface area (Å²) in [5, 5.41) is 34.9. The topological polar surface area (TPSA) is 128 Å². The van der Waals surface area contributed by atoms with Crippen LogP contribution in [0.25, 0.3) is 0 Å². The summed E-state index contributed by atoms with van der Waals surface area (Å²) in [5.41, 5.74) is -0.422. The first-order valence-corrected chi connectivity index (χ1v) is 7.68. The molecule has 2 aromatic rings. The number of carbonyl (C=O) groups is 1. The van der Waals surface area contributed by atoms with Gasteiger partial charge in [-0.25, -0.2) is 0 Å². The Labute approximate surface area is 157 Å². The van der Waals surface area contributed by atoms with Crippen molar-refractivity contribution in [2.24, 2.45) is 0 Å². The van der Waals surface area contributed by atoms with E-state index in [0.717, 1.165) is 12.3 Å². The van der Waals surface area contributed by atoms with Gasteiger partial charge in [0.15, 0.2) is 0 Å². The predicted molar refractivity (Wildman–Crippen MR) is 97.2 cm³/mol. The average molecular weight is 393 g/mol. The molecule has 0 saturated heterocycles. The first-order chi connectivity index (χ1) is 12.3. The van der Waals surface area contributed by atoms with Gasteiger partial charge in [0.05, 0.1) is 10.6 Å². The monoisotopic (exact) mass is 392 g/mol. The Morgan fingerprint density at radius 3 is 2.65 bits per heavy atom. The number of hydrogen-bond acceptors (Lipinski definition) is 6. The number of phenolic OH excluding ortho intramolecular Hbond substituents is 1. The van der Waals surface area contributed by atoms with Gasteiger partial charge in [0.1, 0.15) is 22.4 Å². The number of amides is 1. The van der Waals surface area contributed by atoms with Crippen molar-refractivity contribution in [3.63, 3.8) is 0 Å². The normalized spacial score (nSPS) is 10.7. The van der Waals surface area contributed by atoms with Gasteiger partial charge < -0.3 is 15.7 Å². The minimum Gasteiger partial charge on any atom is -0.506 e. The quantitative estimate of drug-likeness (QED) is 0.231. The summed E-state index contributed by atoms with van der Waals surface area (Å²) in [6, 6.07) is 9.60. The molecule has 0 saturated carbocycles. The molecular formula is C16H10Cl2N4O4. The van der Waals surface area contributed by atoms with Crippen LogP contribution in [0.15, 0.2) is 48.2 Å². The molecule has 0 aliphatic heterocycles. The fourth-order valence-electron chi connectivity index (χ4n) is 1.85. The average Bonchev–Trinajstić information content (AvgIpc) is 2.59. The fourth-order valence-corrected chi connectivity index (χ4v) is 2.21. The third-order valence-electron chi connectivity index (χ3n) is 3.10. The van der Waals surface area contributed by atoms with Crippen LogP contribution in [0.2, 0.25) is 10.0 Å². The van der Waals surface area contributed by atoms with E-state index in [1.807, 2.05) is 0 Å². The van der Waals surface area contributed by atoms with Crippen LogP contribution in [0.4, 0.5) is 17.1 Å². The first kappa shape index (κ1) is 19.1. The maximum absolute atomic E-state index is 12.1. The molecule has 0 heterocycles. The van der Waals surface area contributed by atoms with E-state index >= 15 is 0 Å². The lowest BCUT2D eigenvalue weighted by molar-refractivity contribution is -0.384. The van der Waals surface area contributed by atoms with Gasteiger partial charge in [-0.3, -0.25) is 14.9 Å². The van der Waals surface area contributed by atoms with Gasteiger partial charge in [0.2, 0.25) is 0 Å². The van der Waals surface area contributed by atoms with Crippen LogP contribution in [0.3, 0.4) is 0 Å². The van der Waals surface area contributed by atoms with Crippen LogP contribution >= 0.6 is 23.2 Å². The fraction of sp³-hybridized carbons (Fsp3) is 0. The lowest BCUT2D eigenvalue weighted by Crippen LogP contribution is -2.14. The van der Waals surface area contributed by atoms with Gasteiger partial charge in [-0.1, -0.05) is 23.2 Å². The predicted octanol–water partition coefficient (Wildman–Crippen LogP) is 4.07. The molecule has 0 bridgehead atoms. The van der Waals surface area contributed by atoms with Gasteiger partial charge in [-0.15, -0.1) is 0 Å².